The molecular weight excluding hydrogens is 382 g/mol. The lowest BCUT2D eigenvalue weighted by molar-refractivity contribution is -0.130. The molecule has 0 atom stereocenters. The standard InChI is InChI=1S/C22H31N5OS/c1-3-23-22(25-15-20-24-14-17(2)29-20)26-16-21(28)27-11-9-19(10-12-27)13-18-7-5-4-6-8-18/h4-8,14,19H,3,9-13,15-16H2,1-2H3,(H2,23,25,26). The van der Waals surface area contributed by atoms with Crippen molar-refractivity contribution in [3.8, 4) is 0 Å². The summed E-state index contributed by atoms with van der Waals surface area (Å²) in [5.41, 5.74) is 1.39. The number of benzene rings is 1. The Morgan fingerprint density at radius 3 is 2.66 bits per heavy atom. The topological polar surface area (TPSA) is 69.6 Å². The molecule has 0 bridgehead atoms. The van der Waals surface area contributed by atoms with Crippen LogP contribution in [0.3, 0.4) is 0 Å². The zero-order valence-electron chi connectivity index (χ0n) is 17.4. The molecule has 2 N–H and O–H groups in total. The number of hydrogen-bond donors (Lipinski definition) is 2. The van der Waals surface area contributed by atoms with E-state index in [1.165, 1.54) is 10.4 Å². The lowest BCUT2D eigenvalue weighted by atomic mass is 9.90. The summed E-state index contributed by atoms with van der Waals surface area (Å²) in [6, 6.07) is 10.6. The number of aryl methyl sites for hydroxylation is 1. The van der Waals surface area contributed by atoms with E-state index in [0.29, 0.717) is 18.4 Å². The summed E-state index contributed by atoms with van der Waals surface area (Å²) >= 11 is 1.66. The Kier molecular flexibility index (Phi) is 8.04. The number of carbonyl (C=O) groups excluding carboxylic acids is 1. The van der Waals surface area contributed by atoms with Crippen LogP contribution < -0.4 is 10.6 Å². The fourth-order valence-electron chi connectivity index (χ4n) is 3.56. The molecule has 0 spiro atoms. The van der Waals surface area contributed by atoms with Crippen LogP contribution in [0.2, 0.25) is 0 Å². The van der Waals surface area contributed by atoms with Crippen molar-refractivity contribution in [2.45, 2.75) is 39.7 Å². The van der Waals surface area contributed by atoms with Crippen molar-refractivity contribution in [1.82, 2.24) is 20.5 Å². The number of aromatic nitrogens is 1. The number of nitrogens with one attached hydrogen (secondary N) is 2. The average molecular weight is 414 g/mol. The van der Waals surface area contributed by atoms with Gasteiger partial charge in [-0.1, -0.05) is 30.3 Å². The van der Waals surface area contributed by atoms with E-state index in [9.17, 15) is 4.79 Å². The second-order valence-electron chi connectivity index (χ2n) is 7.43. The molecule has 0 radical (unpaired) electrons. The summed E-state index contributed by atoms with van der Waals surface area (Å²) in [7, 11) is 0. The summed E-state index contributed by atoms with van der Waals surface area (Å²) in [5, 5.41) is 7.47. The number of likely N-dealkylation sites (tertiary alicyclic amines) is 1. The van der Waals surface area contributed by atoms with Crippen LogP contribution in [0.25, 0.3) is 0 Å². The van der Waals surface area contributed by atoms with Crippen LogP contribution in [0.15, 0.2) is 41.5 Å². The van der Waals surface area contributed by atoms with Gasteiger partial charge in [0.25, 0.3) is 0 Å². The van der Waals surface area contributed by atoms with E-state index < -0.39 is 0 Å². The average Bonchev–Trinajstić information content (AvgIpc) is 3.16. The maximum atomic E-state index is 12.6. The predicted molar refractivity (Wildman–Crippen MR) is 119 cm³/mol. The number of amides is 1. The van der Waals surface area contributed by atoms with Crippen LogP contribution in [0.4, 0.5) is 0 Å². The van der Waals surface area contributed by atoms with E-state index in [1.807, 2.05) is 24.9 Å². The van der Waals surface area contributed by atoms with Crippen LogP contribution in [-0.4, -0.2) is 47.9 Å². The molecule has 0 saturated carbocycles. The Labute approximate surface area is 177 Å². The highest BCUT2D eigenvalue weighted by molar-refractivity contribution is 7.11. The van der Waals surface area contributed by atoms with Gasteiger partial charge in [0.15, 0.2) is 5.96 Å². The highest BCUT2D eigenvalue weighted by Gasteiger charge is 2.22. The number of carbonyl (C=O) groups is 1. The van der Waals surface area contributed by atoms with E-state index in [4.69, 9.17) is 0 Å². The van der Waals surface area contributed by atoms with Gasteiger partial charge < -0.3 is 15.5 Å². The molecule has 29 heavy (non-hydrogen) atoms. The zero-order valence-corrected chi connectivity index (χ0v) is 18.2. The third-order valence-electron chi connectivity index (χ3n) is 5.13. The van der Waals surface area contributed by atoms with Crippen molar-refractivity contribution in [2.75, 3.05) is 26.2 Å². The van der Waals surface area contributed by atoms with Crippen LogP contribution in [-0.2, 0) is 17.8 Å². The van der Waals surface area contributed by atoms with Gasteiger partial charge in [-0.25, -0.2) is 9.98 Å². The minimum absolute atomic E-state index is 0.102. The third kappa shape index (κ3) is 6.85. The fourth-order valence-corrected chi connectivity index (χ4v) is 4.29. The third-order valence-corrected chi connectivity index (χ3v) is 6.04. The van der Waals surface area contributed by atoms with Gasteiger partial charge in [-0.2, -0.15) is 0 Å². The summed E-state index contributed by atoms with van der Waals surface area (Å²) in [5.74, 6) is 1.42. The number of hydrogen-bond acceptors (Lipinski definition) is 4. The SMILES string of the molecule is CCNC(=NCC(=O)N1CCC(Cc2ccccc2)CC1)NCc1ncc(C)s1. The van der Waals surface area contributed by atoms with Gasteiger partial charge >= 0.3 is 0 Å². The number of piperidine rings is 1. The molecule has 1 saturated heterocycles. The van der Waals surface area contributed by atoms with Gasteiger partial charge in [-0.15, -0.1) is 11.3 Å². The van der Waals surface area contributed by atoms with E-state index in [1.54, 1.807) is 11.3 Å². The molecule has 2 heterocycles. The van der Waals surface area contributed by atoms with Crippen molar-refractivity contribution in [1.29, 1.82) is 0 Å². The lowest BCUT2D eigenvalue weighted by Crippen LogP contribution is -2.41. The molecule has 6 nitrogen and oxygen atoms in total. The normalized spacial score (nSPS) is 15.4. The minimum Gasteiger partial charge on any atom is -0.357 e. The molecule has 1 fully saturated rings. The quantitative estimate of drug-likeness (QED) is 0.541. The summed E-state index contributed by atoms with van der Waals surface area (Å²) in [4.78, 5) is 24.6. The van der Waals surface area contributed by atoms with Crippen LogP contribution in [0.5, 0.6) is 0 Å². The van der Waals surface area contributed by atoms with Gasteiger partial charge in [0.05, 0.1) is 6.54 Å². The molecule has 3 rings (SSSR count). The van der Waals surface area contributed by atoms with Crippen molar-refractivity contribution >= 4 is 23.2 Å². The Balaban J connectivity index is 1.44. The first-order valence-corrected chi connectivity index (χ1v) is 11.2. The predicted octanol–water partition coefficient (Wildman–Crippen LogP) is 2.99. The van der Waals surface area contributed by atoms with E-state index in [-0.39, 0.29) is 12.5 Å². The largest absolute Gasteiger partial charge is 0.357 e. The minimum atomic E-state index is 0.102. The number of aliphatic imine (C=N–C) groups is 1. The molecule has 1 aliphatic heterocycles. The van der Waals surface area contributed by atoms with E-state index in [2.05, 4.69) is 50.9 Å². The molecule has 0 aliphatic carbocycles. The van der Waals surface area contributed by atoms with E-state index >= 15 is 0 Å². The van der Waals surface area contributed by atoms with Gasteiger partial charge in [0, 0.05) is 30.7 Å². The van der Waals surface area contributed by atoms with Crippen LogP contribution >= 0.6 is 11.3 Å². The molecule has 156 valence electrons. The van der Waals surface area contributed by atoms with Gasteiger partial charge in [0.2, 0.25) is 5.91 Å². The molecule has 0 unspecified atom stereocenters. The second-order valence-corrected chi connectivity index (χ2v) is 8.75. The van der Waals surface area contributed by atoms with Crippen LogP contribution in [0, 0.1) is 12.8 Å². The molecular formula is C22H31N5OS. The highest BCUT2D eigenvalue weighted by Crippen LogP contribution is 2.21. The number of thiazole rings is 1. The first kappa shape index (κ1) is 21.3. The Hall–Kier alpha value is -2.41. The molecule has 1 amide bonds. The molecule has 2 aromatic rings. The maximum Gasteiger partial charge on any atom is 0.244 e. The van der Waals surface area contributed by atoms with Crippen molar-refractivity contribution in [2.24, 2.45) is 10.9 Å². The number of rotatable bonds is 7. The Morgan fingerprint density at radius 2 is 2.00 bits per heavy atom. The molecule has 1 aromatic carbocycles. The number of guanidine groups is 1. The van der Waals surface area contributed by atoms with Gasteiger partial charge in [-0.05, 0) is 44.6 Å². The van der Waals surface area contributed by atoms with Crippen molar-refractivity contribution in [3.63, 3.8) is 0 Å². The van der Waals surface area contributed by atoms with Crippen molar-refractivity contribution in [3.05, 3.63) is 52.0 Å². The van der Waals surface area contributed by atoms with Crippen molar-refractivity contribution < 1.29 is 4.79 Å². The summed E-state index contributed by atoms with van der Waals surface area (Å²) in [6.45, 7) is 7.26. The molecule has 1 aliphatic rings. The summed E-state index contributed by atoms with van der Waals surface area (Å²) < 4.78 is 0. The Bertz CT molecular complexity index is 797. The lowest BCUT2D eigenvalue weighted by Gasteiger charge is -2.31. The molecule has 1 aromatic heterocycles. The highest BCUT2D eigenvalue weighted by atomic mass is 32.1. The zero-order chi connectivity index (χ0) is 20.5. The van der Waals surface area contributed by atoms with E-state index in [0.717, 1.165) is 43.9 Å². The Morgan fingerprint density at radius 1 is 1.24 bits per heavy atom. The first-order valence-electron chi connectivity index (χ1n) is 10.4. The number of nitrogens with zero attached hydrogens (tertiary/aromatic N) is 3. The van der Waals surface area contributed by atoms with Gasteiger partial charge in [-0.3, -0.25) is 4.79 Å². The summed E-state index contributed by atoms with van der Waals surface area (Å²) in [6.07, 6.45) is 5.10. The monoisotopic (exact) mass is 413 g/mol. The fraction of sp³-hybridized carbons (Fsp3) is 0.500. The van der Waals surface area contributed by atoms with Gasteiger partial charge in [0.1, 0.15) is 11.6 Å². The first-order chi connectivity index (χ1) is 14.1. The maximum absolute atomic E-state index is 12.6. The molecule has 7 heteroatoms. The van der Waals surface area contributed by atoms with Crippen LogP contribution in [0.1, 0.15) is 35.2 Å². The smallest absolute Gasteiger partial charge is 0.244 e. The second kappa shape index (κ2) is 11.0.